The predicted octanol–water partition coefficient (Wildman–Crippen LogP) is 4.33. The Bertz CT molecular complexity index is 1270. The summed E-state index contributed by atoms with van der Waals surface area (Å²) in [6.07, 6.45) is 1.74. The summed E-state index contributed by atoms with van der Waals surface area (Å²) < 4.78 is 0. The quantitative estimate of drug-likeness (QED) is 0.417. The van der Waals surface area contributed by atoms with E-state index < -0.39 is 4.92 Å². The maximum absolute atomic E-state index is 12.8. The van der Waals surface area contributed by atoms with Crippen LogP contribution >= 0.6 is 11.3 Å². The molecule has 0 spiro atoms. The fourth-order valence-corrected chi connectivity index (χ4v) is 4.90. The zero-order chi connectivity index (χ0) is 18.5. The lowest BCUT2D eigenvalue weighted by molar-refractivity contribution is -0.384. The number of nitrogens with zero attached hydrogens (tertiary/aromatic N) is 2. The van der Waals surface area contributed by atoms with Crippen LogP contribution in [0.5, 0.6) is 0 Å². The number of thiophene rings is 1. The molecule has 2 aromatic heterocycles. The number of non-ortho nitro benzene ring substituents is 1. The Hall–Kier alpha value is -3.32. The van der Waals surface area contributed by atoms with Crippen molar-refractivity contribution in [3.8, 4) is 21.8 Å². The summed E-state index contributed by atoms with van der Waals surface area (Å²) in [5.41, 5.74) is 4.03. The lowest BCUT2D eigenvalue weighted by Crippen LogP contribution is -2.11. The zero-order valence-electron chi connectivity index (χ0n) is 14.1. The number of fused-ring (bicyclic) bond motifs is 5. The molecule has 0 aliphatic heterocycles. The normalized spacial score (nSPS) is 12.6. The van der Waals surface area contributed by atoms with Gasteiger partial charge in [0.05, 0.1) is 10.3 Å². The number of aromatic nitrogens is 2. The number of rotatable bonds is 2. The summed E-state index contributed by atoms with van der Waals surface area (Å²) in [7, 11) is 0. The second kappa shape index (κ2) is 5.85. The predicted molar refractivity (Wildman–Crippen MR) is 105 cm³/mol. The molecule has 1 aliphatic rings. The van der Waals surface area contributed by atoms with Crippen molar-refractivity contribution in [1.82, 2.24) is 9.97 Å². The summed E-state index contributed by atoms with van der Waals surface area (Å²) in [4.78, 5) is 32.5. The van der Waals surface area contributed by atoms with E-state index in [0.717, 1.165) is 23.3 Å². The Morgan fingerprint density at radius 3 is 2.63 bits per heavy atom. The van der Waals surface area contributed by atoms with Gasteiger partial charge in [-0.15, -0.1) is 11.3 Å². The SMILES string of the molecule is O=c1[nH]c(-c2ccc([N+](=O)[O-])cc2)nc2sc3c(c12)CCc1ccccc1-3. The third-order valence-electron chi connectivity index (χ3n) is 4.92. The summed E-state index contributed by atoms with van der Waals surface area (Å²) in [6.45, 7) is 0. The highest BCUT2D eigenvalue weighted by molar-refractivity contribution is 7.22. The molecule has 0 saturated carbocycles. The molecule has 1 aliphatic carbocycles. The van der Waals surface area contributed by atoms with Gasteiger partial charge in [0.2, 0.25) is 0 Å². The zero-order valence-corrected chi connectivity index (χ0v) is 14.9. The van der Waals surface area contributed by atoms with Gasteiger partial charge in [0.25, 0.3) is 11.2 Å². The van der Waals surface area contributed by atoms with Gasteiger partial charge in [-0.2, -0.15) is 0 Å². The summed E-state index contributed by atoms with van der Waals surface area (Å²) >= 11 is 1.53. The second-order valence-electron chi connectivity index (χ2n) is 6.47. The van der Waals surface area contributed by atoms with E-state index in [9.17, 15) is 14.9 Å². The van der Waals surface area contributed by atoms with E-state index in [0.29, 0.717) is 21.6 Å². The van der Waals surface area contributed by atoms with Crippen LogP contribution in [0.1, 0.15) is 11.1 Å². The average Bonchev–Trinajstić information content (AvgIpc) is 3.07. The highest BCUT2D eigenvalue weighted by Crippen LogP contribution is 2.42. The Morgan fingerprint density at radius 1 is 1.07 bits per heavy atom. The molecule has 7 heteroatoms. The fourth-order valence-electron chi connectivity index (χ4n) is 3.62. The van der Waals surface area contributed by atoms with Crippen LogP contribution < -0.4 is 5.56 Å². The van der Waals surface area contributed by atoms with Crippen molar-refractivity contribution >= 4 is 27.2 Å². The van der Waals surface area contributed by atoms with Crippen molar-refractivity contribution < 1.29 is 4.92 Å². The molecule has 0 bridgehead atoms. The van der Waals surface area contributed by atoms with E-state index in [1.165, 1.54) is 34.6 Å². The topological polar surface area (TPSA) is 88.9 Å². The lowest BCUT2D eigenvalue weighted by Gasteiger charge is -2.15. The largest absolute Gasteiger partial charge is 0.306 e. The minimum atomic E-state index is -0.450. The van der Waals surface area contributed by atoms with E-state index >= 15 is 0 Å². The first-order chi connectivity index (χ1) is 13.1. The van der Waals surface area contributed by atoms with Crippen LogP contribution in [0.3, 0.4) is 0 Å². The molecule has 5 rings (SSSR count). The molecule has 132 valence electrons. The number of nitro benzene ring substituents is 1. The molecule has 2 heterocycles. The Balaban J connectivity index is 1.69. The lowest BCUT2D eigenvalue weighted by atomic mass is 9.90. The highest BCUT2D eigenvalue weighted by Gasteiger charge is 2.23. The van der Waals surface area contributed by atoms with Crippen molar-refractivity contribution in [2.24, 2.45) is 0 Å². The maximum Gasteiger partial charge on any atom is 0.269 e. The second-order valence-corrected chi connectivity index (χ2v) is 7.46. The van der Waals surface area contributed by atoms with Gasteiger partial charge in [-0.1, -0.05) is 24.3 Å². The van der Waals surface area contributed by atoms with Gasteiger partial charge in [0.1, 0.15) is 10.7 Å². The number of nitro groups is 1. The van der Waals surface area contributed by atoms with E-state index in [-0.39, 0.29) is 11.2 Å². The number of hydrogen-bond donors (Lipinski definition) is 1. The minimum absolute atomic E-state index is 0.00497. The van der Waals surface area contributed by atoms with Crippen molar-refractivity contribution in [1.29, 1.82) is 0 Å². The van der Waals surface area contributed by atoms with Crippen LogP contribution in [0.25, 0.3) is 32.0 Å². The van der Waals surface area contributed by atoms with Crippen molar-refractivity contribution in [2.45, 2.75) is 12.8 Å². The summed E-state index contributed by atoms with van der Waals surface area (Å²) in [6, 6.07) is 14.3. The molecule has 0 unspecified atom stereocenters. The number of hydrogen-bond acceptors (Lipinski definition) is 5. The molecule has 0 fully saturated rings. The molecule has 27 heavy (non-hydrogen) atoms. The van der Waals surface area contributed by atoms with Crippen molar-refractivity contribution in [3.05, 3.63) is 80.1 Å². The molecule has 4 aromatic rings. The fraction of sp³-hybridized carbons (Fsp3) is 0.100. The van der Waals surface area contributed by atoms with Gasteiger partial charge in [-0.05, 0) is 41.7 Å². The minimum Gasteiger partial charge on any atom is -0.306 e. The summed E-state index contributed by atoms with van der Waals surface area (Å²) in [5.74, 6) is 0.425. The average molecular weight is 375 g/mol. The molecule has 1 N–H and O–H groups in total. The van der Waals surface area contributed by atoms with Crippen LogP contribution in [0.2, 0.25) is 0 Å². The van der Waals surface area contributed by atoms with Gasteiger partial charge in [-0.25, -0.2) is 4.98 Å². The third-order valence-corrected chi connectivity index (χ3v) is 6.08. The smallest absolute Gasteiger partial charge is 0.269 e. The summed E-state index contributed by atoms with van der Waals surface area (Å²) in [5, 5.41) is 11.5. The van der Waals surface area contributed by atoms with Crippen LogP contribution in [0.4, 0.5) is 5.69 Å². The molecular formula is C20H13N3O3S. The Kier molecular flexibility index (Phi) is 3.45. The monoisotopic (exact) mass is 375 g/mol. The van der Waals surface area contributed by atoms with E-state index in [1.807, 2.05) is 12.1 Å². The number of aryl methyl sites for hydroxylation is 2. The van der Waals surface area contributed by atoms with E-state index in [4.69, 9.17) is 0 Å². The van der Waals surface area contributed by atoms with Crippen LogP contribution in [-0.2, 0) is 12.8 Å². The van der Waals surface area contributed by atoms with Crippen molar-refractivity contribution in [2.75, 3.05) is 0 Å². The van der Waals surface area contributed by atoms with Gasteiger partial charge < -0.3 is 4.98 Å². The first-order valence-corrected chi connectivity index (χ1v) is 9.32. The van der Waals surface area contributed by atoms with Gasteiger partial charge in [0.15, 0.2) is 0 Å². The number of aromatic amines is 1. The van der Waals surface area contributed by atoms with Crippen LogP contribution in [-0.4, -0.2) is 14.9 Å². The first-order valence-electron chi connectivity index (χ1n) is 8.50. The standard InChI is InChI=1S/C20H13N3O3S/c24-19-16-15-10-7-11-3-1-2-4-14(11)17(15)27-20(16)22-18(21-19)12-5-8-13(9-6-12)23(25)26/h1-6,8-9H,7,10H2,(H,21,22,24). The van der Waals surface area contributed by atoms with Crippen molar-refractivity contribution in [3.63, 3.8) is 0 Å². The molecule has 0 saturated heterocycles. The maximum atomic E-state index is 12.8. The number of benzene rings is 2. The molecule has 0 amide bonds. The number of H-pyrrole nitrogens is 1. The molecule has 2 aromatic carbocycles. The molecule has 6 nitrogen and oxygen atoms in total. The van der Waals surface area contributed by atoms with E-state index in [2.05, 4.69) is 22.1 Å². The highest BCUT2D eigenvalue weighted by atomic mass is 32.1. The Labute approximate surface area is 157 Å². The van der Waals surface area contributed by atoms with Gasteiger partial charge in [-0.3, -0.25) is 14.9 Å². The Morgan fingerprint density at radius 2 is 1.85 bits per heavy atom. The van der Waals surface area contributed by atoms with Crippen LogP contribution in [0, 0.1) is 10.1 Å². The molecule has 0 radical (unpaired) electrons. The molecule has 0 atom stereocenters. The van der Waals surface area contributed by atoms with E-state index in [1.54, 1.807) is 12.1 Å². The molecular weight excluding hydrogens is 362 g/mol. The van der Waals surface area contributed by atoms with Gasteiger partial charge >= 0.3 is 0 Å². The van der Waals surface area contributed by atoms with Gasteiger partial charge in [0, 0.05) is 22.6 Å². The third kappa shape index (κ3) is 2.47. The number of nitrogens with one attached hydrogen (secondary N) is 1. The van der Waals surface area contributed by atoms with Crippen LogP contribution in [0.15, 0.2) is 53.3 Å². The first kappa shape index (κ1) is 15.9.